The molecule has 18 heavy (non-hydrogen) atoms. The van der Waals surface area contributed by atoms with Crippen molar-refractivity contribution in [2.24, 2.45) is 5.92 Å². The van der Waals surface area contributed by atoms with E-state index >= 15 is 0 Å². The zero-order chi connectivity index (χ0) is 12.8. The zero-order valence-corrected chi connectivity index (χ0v) is 11.1. The average Bonchev–Trinajstić information content (AvgIpc) is 2.92. The van der Waals surface area contributed by atoms with Crippen molar-refractivity contribution < 1.29 is 9.47 Å². The van der Waals surface area contributed by atoms with Crippen LogP contribution in [0.1, 0.15) is 31.2 Å². The van der Waals surface area contributed by atoms with Crippen molar-refractivity contribution in [3.8, 4) is 11.8 Å². The van der Waals surface area contributed by atoms with Crippen LogP contribution in [0, 0.1) is 5.92 Å². The zero-order valence-electron chi connectivity index (χ0n) is 11.1. The van der Waals surface area contributed by atoms with Gasteiger partial charge in [-0.3, -0.25) is 0 Å². The van der Waals surface area contributed by atoms with E-state index in [1.807, 2.05) is 0 Å². The molecule has 0 unspecified atom stereocenters. The summed E-state index contributed by atoms with van der Waals surface area (Å²) in [4.78, 5) is 8.21. The maximum absolute atomic E-state index is 5.24. The molecule has 0 saturated heterocycles. The van der Waals surface area contributed by atoms with Gasteiger partial charge in [0.2, 0.25) is 11.8 Å². The highest BCUT2D eigenvalue weighted by molar-refractivity contribution is 5.34. The first-order valence-corrected chi connectivity index (χ1v) is 6.47. The van der Waals surface area contributed by atoms with Crippen LogP contribution in [-0.2, 0) is 6.54 Å². The molecule has 1 aromatic rings. The second kappa shape index (κ2) is 6.54. The smallest absolute Gasteiger partial charge is 0.224 e. The Labute approximate surface area is 108 Å². The Hall–Kier alpha value is -1.36. The van der Waals surface area contributed by atoms with E-state index in [1.54, 1.807) is 14.2 Å². The van der Waals surface area contributed by atoms with Gasteiger partial charge < -0.3 is 14.8 Å². The van der Waals surface area contributed by atoms with Gasteiger partial charge in [-0.05, 0) is 25.3 Å². The third kappa shape index (κ3) is 3.10. The molecule has 1 saturated carbocycles. The molecule has 0 radical (unpaired) electrons. The lowest BCUT2D eigenvalue weighted by Crippen LogP contribution is -2.21. The SMILES string of the molecule is COc1ncnc(OC)c1CNCC1CCCC1. The summed E-state index contributed by atoms with van der Waals surface area (Å²) < 4.78 is 10.5. The van der Waals surface area contributed by atoms with E-state index in [2.05, 4.69) is 15.3 Å². The normalized spacial score (nSPS) is 15.9. The van der Waals surface area contributed by atoms with Gasteiger partial charge in [0.25, 0.3) is 0 Å². The van der Waals surface area contributed by atoms with Gasteiger partial charge in [-0.15, -0.1) is 0 Å². The molecule has 1 aromatic heterocycles. The highest BCUT2D eigenvalue weighted by atomic mass is 16.5. The van der Waals surface area contributed by atoms with E-state index in [1.165, 1.54) is 32.0 Å². The molecular formula is C13H21N3O2. The third-order valence-electron chi connectivity index (χ3n) is 3.46. The van der Waals surface area contributed by atoms with Gasteiger partial charge in [0.1, 0.15) is 6.33 Å². The first-order valence-electron chi connectivity index (χ1n) is 6.47. The number of ether oxygens (including phenoxy) is 2. The standard InChI is InChI=1S/C13H21N3O2/c1-17-12-11(13(18-2)16-9-15-12)8-14-7-10-5-3-4-6-10/h9-10,14H,3-8H2,1-2H3. The Kier molecular flexibility index (Phi) is 4.75. The number of aromatic nitrogens is 2. The number of hydrogen-bond donors (Lipinski definition) is 1. The summed E-state index contributed by atoms with van der Waals surface area (Å²) in [6.07, 6.45) is 6.87. The minimum Gasteiger partial charge on any atom is -0.481 e. The van der Waals surface area contributed by atoms with Crippen LogP contribution in [0.5, 0.6) is 11.8 Å². The van der Waals surface area contributed by atoms with Crippen molar-refractivity contribution in [3.05, 3.63) is 11.9 Å². The molecule has 5 heteroatoms. The summed E-state index contributed by atoms with van der Waals surface area (Å²) in [5, 5.41) is 3.45. The van der Waals surface area contributed by atoms with Gasteiger partial charge in [-0.25, -0.2) is 9.97 Å². The fourth-order valence-electron chi connectivity index (χ4n) is 2.50. The molecule has 0 amide bonds. The summed E-state index contributed by atoms with van der Waals surface area (Å²) >= 11 is 0. The van der Waals surface area contributed by atoms with Crippen molar-refractivity contribution in [1.82, 2.24) is 15.3 Å². The first-order chi connectivity index (χ1) is 8.85. The largest absolute Gasteiger partial charge is 0.481 e. The molecule has 0 aliphatic heterocycles. The minimum absolute atomic E-state index is 0.584. The summed E-state index contributed by atoms with van der Waals surface area (Å²) in [6.45, 7) is 1.73. The third-order valence-corrected chi connectivity index (χ3v) is 3.46. The van der Waals surface area contributed by atoms with E-state index in [9.17, 15) is 0 Å². The molecule has 1 N–H and O–H groups in total. The van der Waals surface area contributed by atoms with Crippen LogP contribution in [0.4, 0.5) is 0 Å². The van der Waals surface area contributed by atoms with Gasteiger partial charge in [0, 0.05) is 6.54 Å². The first kappa shape index (κ1) is 13.1. The Morgan fingerprint density at radius 3 is 2.33 bits per heavy atom. The lowest BCUT2D eigenvalue weighted by atomic mass is 10.1. The molecule has 1 fully saturated rings. The molecule has 5 nitrogen and oxygen atoms in total. The van der Waals surface area contributed by atoms with Gasteiger partial charge in [0.15, 0.2) is 0 Å². The molecule has 0 aromatic carbocycles. The van der Waals surface area contributed by atoms with Gasteiger partial charge in [0.05, 0.1) is 19.8 Å². The molecule has 1 heterocycles. The van der Waals surface area contributed by atoms with E-state index in [0.717, 1.165) is 18.0 Å². The Morgan fingerprint density at radius 2 is 1.78 bits per heavy atom. The van der Waals surface area contributed by atoms with E-state index in [4.69, 9.17) is 9.47 Å². The van der Waals surface area contributed by atoms with Crippen LogP contribution in [0.15, 0.2) is 6.33 Å². The summed E-state index contributed by atoms with van der Waals surface area (Å²) in [5.41, 5.74) is 0.889. The number of nitrogens with zero attached hydrogens (tertiary/aromatic N) is 2. The molecular weight excluding hydrogens is 230 g/mol. The number of hydrogen-bond acceptors (Lipinski definition) is 5. The predicted molar refractivity (Wildman–Crippen MR) is 68.8 cm³/mol. The quantitative estimate of drug-likeness (QED) is 0.835. The number of nitrogens with one attached hydrogen (secondary N) is 1. The lowest BCUT2D eigenvalue weighted by molar-refractivity contribution is 0.357. The maximum atomic E-state index is 5.24. The molecule has 1 aliphatic rings. The Bertz CT molecular complexity index is 356. The second-order valence-electron chi connectivity index (χ2n) is 4.65. The molecule has 2 rings (SSSR count). The Morgan fingerprint density at radius 1 is 1.17 bits per heavy atom. The van der Waals surface area contributed by atoms with Gasteiger partial charge in [-0.1, -0.05) is 12.8 Å². The molecule has 0 spiro atoms. The van der Waals surface area contributed by atoms with Gasteiger partial charge >= 0.3 is 0 Å². The van der Waals surface area contributed by atoms with E-state index < -0.39 is 0 Å². The topological polar surface area (TPSA) is 56.3 Å². The van der Waals surface area contributed by atoms with Crippen molar-refractivity contribution in [1.29, 1.82) is 0 Å². The fraction of sp³-hybridized carbons (Fsp3) is 0.692. The van der Waals surface area contributed by atoms with Crippen LogP contribution in [0.2, 0.25) is 0 Å². The number of methoxy groups -OCH3 is 2. The van der Waals surface area contributed by atoms with Crippen LogP contribution in [0.3, 0.4) is 0 Å². The monoisotopic (exact) mass is 251 g/mol. The fourth-order valence-corrected chi connectivity index (χ4v) is 2.50. The maximum Gasteiger partial charge on any atom is 0.224 e. The molecule has 0 bridgehead atoms. The van der Waals surface area contributed by atoms with Crippen LogP contribution in [-0.4, -0.2) is 30.7 Å². The van der Waals surface area contributed by atoms with E-state index in [0.29, 0.717) is 18.3 Å². The number of rotatable bonds is 6. The summed E-state index contributed by atoms with van der Waals surface area (Å²) in [5.74, 6) is 1.98. The van der Waals surface area contributed by atoms with Crippen molar-refractivity contribution in [2.75, 3.05) is 20.8 Å². The molecule has 100 valence electrons. The summed E-state index contributed by atoms with van der Waals surface area (Å²) in [7, 11) is 3.23. The van der Waals surface area contributed by atoms with Crippen molar-refractivity contribution >= 4 is 0 Å². The van der Waals surface area contributed by atoms with Gasteiger partial charge in [-0.2, -0.15) is 0 Å². The van der Waals surface area contributed by atoms with Crippen LogP contribution in [0.25, 0.3) is 0 Å². The second-order valence-corrected chi connectivity index (χ2v) is 4.65. The predicted octanol–water partition coefficient (Wildman–Crippen LogP) is 1.77. The van der Waals surface area contributed by atoms with Crippen LogP contribution < -0.4 is 14.8 Å². The minimum atomic E-state index is 0.584. The Balaban J connectivity index is 1.94. The average molecular weight is 251 g/mol. The van der Waals surface area contributed by atoms with Crippen LogP contribution >= 0.6 is 0 Å². The van der Waals surface area contributed by atoms with E-state index in [-0.39, 0.29) is 0 Å². The van der Waals surface area contributed by atoms with Crippen molar-refractivity contribution in [3.63, 3.8) is 0 Å². The van der Waals surface area contributed by atoms with Crippen molar-refractivity contribution in [2.45, 2.75) is 32.2 Å². The molecule has 0 atom stereocenters. The summed E-state index contributed by atoms with van der Waals surface area (Å²) in [6, 6.07) is 0. The lowest BCUT2D eigenvalue weighted by Gasteiger charge is -2.13. The highest BCUT2D eigenvalue weighted by Gasteiger charge is 2.16. The highest BCUT2D eigenvalue weighted by Crippen LogP contribution is 2.25. The molecule has 1 aliphatic carbocycles.